The van der Waals surface area contributed by atoms with Crippen LogP contribution in [0, 0.1) is 13.8 Å². The normalized spacial score (nSPS) is 12.2. The topological polar surface area (TPSA) is 163 Å². The number of azo groups is 1. The van der Waals surface area contributed by atoms with E-state index in [0.717, 1.165) is 10.6 Å². The molecule has 0 aliphatic rings. The molecule has 0 saturated carbocycles. The number of aromatic nitrogens is 1. The van der Waals surface area contributed by atoms with E-state index in [9.17, 15) is 13.2 Å². The number of carbonyl (C=O) groups is 1. The number of carboxylic acid groups (broad SMARTS) is 1. The number of benzene rings is 2. The molecule has 0 amide bonds. The molecule has 0 fully saturated rings. The number of nitrogens with zero attached hydrogens (tertiary/aromatic N) is 4. The van der Waals surface area contributed by atoms with Gasteiger partial charge < -0.3 is 9.84 Å². The van der Waals surface area contributed by atoms with Crippen LogP contribution in [0.25, 0.3) is 0 Å². The fourth-order valence-electron chi connectivity index (χ4n) is 2.42. The Morgan fingerprint density at radius 2 is 1.91 bits per heavy atom. The summed E-state index contributed by atoms with van der Waals surface area (Å²) in [6.45, 7) is 3.27. The zero-order chi connectivity index (χ0) is 24.0. The SMILES string of the molecule is Cc1nc(N=N/C(=N/Nc2ccc(S(=O)(=O)O)cc2)c2cccc(OCC(=O)O)c2)sc1C. The molecule has 0 spiro atoms. The molecule has 0 atom stereocenters. The minimum atomic E-state index is -4.31. The predicted octanol–water partition coefficient (Wildman–Crippen LogP) is 4.03. The van der Waals surface area contributed by atoms with Crippen molar-refractivity contribution in [2.24, 2.45) is 15.3 Å². The maximum Gasteiger partial charge on any atom is 0.341 e. The Balaban J connectivity index is 1.91. The van der Waals surface area contributed by atoms with E-state index >= 15 is 0 Å². The van der Waals surface area contributed by atoms with Gasteiger partial charge in [-0.3, -0.25) is 9.98 Å². The lowest BCUT2D eigenvalue weighted by atomic mass is 10.2. The molecule has 1 aromatic heterocycles. The number of carboxylic acids is 1. The summed E-state index contributed by atoms with van der Waals surface area (Å²) in [6.07, 6.45) is 0. The van der Waals surface area contributed by atoms with Crippen LogP contribution in [-0.2, 0) is 14.9 Å². The summed E-state index contributed by atoms with van der Waals surface area (Å²) < 4.78 is 36.7. The second-order valence-electron chi connectivity index (χ2n) is 6.59. The lowest BCUT2D eigenvalue weighted by molar-refractivity contribution is -0.139. The van der Waals surface area contributed by atoms with Crippen LogP contribution in [0.3, 0.4) is 0 Å². The van der Waals surface area contributed by atoms with Crippen molar-refractivity contribution in [3.05, 3.63) is 64.7 Å². The highest BCUT2D eigenvalue weighted by Gasteiger charge is 2.10. The van der Waals surface area contributed by atoms with E-state index in [-0.39, 0.29) is 10.7 Å². The third-order valence-electron chi connectivity index (χ3n) is 4.15. The molecule has 0 radical (unpaired) electrons. The van der Waals surface area contributed by atoms with Gasteiger partial charge in [-0.05, 0) is 50.2 Å². The number of ether oxygens (including phenoxy) is 1. The third-order valence-corrected chi connectivity index (χ3v) is 5.97. The fourth-order valence-corrected chi connectivity index (χ4v) is 3.63. The average Bonchev–Trinajstić information content (AvgIpc) is 3.09. The minimum absolute atomic E-state index is 0.139. The van der Waals surface area contributed by atoms with Crippen molar-refractivity contribution in [3.8, 4) is 5.75 Å². The number of thiazole rings is 1. The number of anilines is 1. The molecule has 0 unspecified atom stereocenters. The van der Waals surface area contributed by atoms with E-state index in [4.69, 9.17) is 14.4 Å². The Kier molecular flexibility index (Phi) is 7.48. The van der Waals surface area contributed by atoms with Crippen molar-refractivity contribution < 1.29 is 27.6 Å². The molecule has 3 N–H and O–H groups in total. The van der Waals surface area contributed by atoms with Crippen molar-refractivity contribution in [2.75, 3.05) is 12.0 Å². The summed E-state index contributed by atoms with van der Waals surface area (Å²) in [5.41, 5.74) is 4.50. The van der Waals surface area contributed by atoms with Crippen molar-refractivity contribution >= 4 is 44.1 Å². The Morgan fingerprint density at radius 1 is 1.18 bits per heavy atom. The van der Waals surface area contributed by atoms with Crippen LogP contribution < -0.4 is 10.2 Å². The first-order chi connectivity index (χ1) is 15.6. The minimum Gasteiger partial charge on any atom is -0.482 e. The van der Waals surface area contributed by atoms with Gasteiger partial charge in [-0.25, -0.2) is 9.78 Å². The fraction of sp³-hybridized carbons (Fsp3) is 0.150. The number of hydrogen-bond acceptors (Lipinski definition) is 9. The Labute approximate surface area is 193 Å². The molecule has 0 aliphatic heterocycles. The second kappa shape index (κ2) is 10.3. The van der Waals surface area contributed by atoms with Gasteiger partial charge in [0, 0.05) is 10.4 Å². The van der Waals surface area contributed by atoms with Crippen LogP contribution in [0.15, 0.2) is 68.8 Å². The molecule has 3 aromatic rings. The number of rotatable bonds is 8. The quantitative estimate of drug-likeness (QED) is 0.140. The van der Waals surface area contributed by atoms with Gasteiger partial charge in [0.05, 0.1) is 16.3 Å². The van der Waals surface area contributed by atoms with E-state index in [1.165, 1.54) is 35.6 Å². The summed E-state index contributed by atoms with van der Waals surface area (Å²) in [7, 11) is -4.31. The highest BCUT2D eigenvalue weighted by atomic mass is 32.2. The van der Waals surface area contributed by atoms with Gasteiger partial charge in [0.25, 0.3) is 10.1 Å². The van der Waals surface area contributed by atoms with Gasteiger partial charge in [-0.15, -0.1) is 10.2 Å². The zero-order valence-electron chi connectivity index (χ0n) is 17.5. The van der Waals surface area contributed by atoms with Crippen molar-refractivity contribution in [1.82, 2.24) is 4.98 Å². The smallest absolute Gasteiger partial charge is 0.341 e. The lowest BCUT2D eigenvalue weighted by Gasteiger charge is -2.07. The molecule has 0 saturated heterocycles. The van der Waals surface area contributed by atoms with Crippen LogP contribution in [0.2, 0.25) is 0 Å². The van der Waals surface area contributed by atoms with Crippen molar-refractivity contribution in [2.45, 2.75) is 18.7 Å². The molecule has 2 aromatic carbocycles. The number of hydrogen-bond donors (Lipinski definition) is 3. The van der Waals surface area contributed by atoms with Gasteiger partial charge in [-0.2, -0.15) is 13.5 Å². The Morgan fingerprint density at radius 3 is 2.52 bits per heavy atom. The molecule has 0 bridgehead atoms. The standard InChI is InChI=1S/C20H19N5O6S2/c1-12-13(2)32-20(21-12)25-24-19(14-4-3-5-16(10-14)31-11-18(26)27)23-22-15-6-8-17(9-7-15)33(28,29)30/h3-10,22H,11H2,1-2H3,(H,26,27)(H,28,29,30)/b23-19+,25-24?. The summed E-state index contributed by atoms with van der Waals surface area (Å²) in [4.78, 5) is 15.8. The highest BCUT2D eigenvalue weighted by Crippen LogP contribution is 2.25. The molecular formula is C20H19N5O6S2. The van der Waals surface area contributed by atoms with Gasteiger partial charge >= 0.3 is 5.97 Å². The van der Waals surface area contributed by atoms with Crippen molar-refractivity contribution in [3.63, 3.8) is 0 Å². The number of hydrazone groups is 1. The number of nitrogens with one attached hydrogen (secondary N) is 1. The maximum absolute atomic E-state index is 11.2. The van der Waals surface area contributed by atoms with Gasteiger partial charge in [-0.1, -0.05) is 23.5 Å². The summed E-state index contributed by atoms with van der Waals surface area (Å²) in [5, 5.41) is 21.8. The first-order valence-corrected chi connectivity index (χ1v) is 11.6. The molecular weight excluding hydrogens is 470 g/mol. The summed E-state index contributed by atoms with van der Waals surface area (Å²) >= 11 is 1.37. The molecule has 11 nitrogen and oxygen atoms in total. The van der Waals surface area contributed by atoms with E-state index in [1.807, 2.05) is 13.8 Å². The molecule has 172 valence electrons. The van der Waals surface area contributed by atoms with E-state index in [2.05, 4.69) is 25.7 Å². The Hall–Kier alpha value is -3.68. The summed E-state index contributed by atoms with van der Waals surface area (Å²) in [5.74, 6) is -0.671. The number of aryl methyl sites for hydroxylation is 2. The lowest BCUT2D eigenvalue weighted by Crippen LogP contribution is -2.10. The summed E-state index contributed by atoms with van der Waals surface area (Å²) in [6, 6.07) is 11.8. The van der Waals surface area contributed by atoms with Gasteiger partial charge in [0.2, 0.25) is 11.0 Å². The molecule has 1 heterocycles. The molecule has 13 heteroatoms. The molecule has 0 aliphatic carbocycles. The zero-order valence-corrected chi connectivity index (χ0v) is 19.1. The largest absolute Gasteiger partial charge is 0.482 e. The van der Waals surface area contributed by atoms with E-state index in [1.54, 1.807) is 24.3 Å². The van der Waals surface area contributed by atoms with Crippen LogP contribution in [0.5, 0.6) is 5.75 Å². The predicted molar refractivity (Wildman–Crippen MR) is 122 cm³/mol. The first kappa shape index (κ1) is 24.0. The van der Waals surface area contributed by atoms with E-state index in [0.29, 0.717) is 22.1 Å². The average molecular weight is 490 g/mol. The Bertz CT molecular complexity index is 1300. The van der Waals surface area contributed by atoms with Crippen LogP contribution >= 0.6 is 11.3 Å². The second-order valence-corrected chi connectivity index (χ2v) is 9.20. The van der Waals surface area contributed by atoms with Crippen LogP contribution in [0.4, 0.5) is 10.8 Å². The van der Waals surface area contributed by atoms with Crippen molar-refractivity contribution in [1.29, 1.82) is 0 Å². The molecule has 33 heavy (non-hydrogen) atoms. The van der Waals surface area contributed by atoms with E-state index < -0.39 is 22.7 Å². The first-order valence-electron chi connectivity index (χ1n) is 9.34. The molecule has 3 rings (SSSR count). The van der Waals surface area contributed by atoms with Gasteiger partial charge in [0.15, 0.2) is 6.61 Å². The maximum atomic E-state index is 11.2. The monoisotopic (exact) mass is 489 g/mol. The highest BCUT2D eigenvalue weighted by molar-refractivity contribution is 7.85. The van der Waals surface area contributed by atoms with Gasteiger partial charge in [0.1, 0.15) is 5.75 Å². The van der Waals surface area contributed by atoms with Crippen LogP contribution in [0.1, 0.15) is 16.1 Å². The van der Waals surface area contributed by atoms with Crippen LogP contribution in [-0.4, -0.2) is 41.5 Å². The third kappa shape index (κ3) is 6.90. The number of aliphatic carboxylic acids is 1. The number of amidine groups is 1.